The fraction of sp³-hybridized carbons (Fsp3) is 0. The van der Waals surface area contributed by atoms with Crippen molar-refractivity contribution in [2.45, 2.75) is 0 Å². The second-order valence-electron chi connectivity index (χ2n) is 1.84. The van der Waals surface area contributed by atoms with Gasteiger partial charge in [0.2, 0.25) is 0 Å². The topological polar surface area (TPSA) is 92.3 Å². The van der Waals surface area contributed by atoms with E-state index >= 15 is 0 Å². The van der Waals surface area contributed by atoms with E-state index in [4.69, 9.17) is 0 Å². The van der Waals surface area contributed by atoms with Crippen molar-refractivity contribution in [3.05, 3.63) is 0 Å². The van der Waals surface area contributed by atoms with Gasteiger partial charge in [0.15, 0.2) is 0 Å². The first-order valence-corrected chi connectivity index (χ1v) is 2.83. The Morgan fingerprint density at radius 2 is 1.08 bits per heavy atom. The third-order valence-corrected chi connectivity index (χ3v) is 1.11. The predicted molar refractivity (Wildman–Crippen MR) is 28.4 cm³/mol. The van der Waals surface area contributed by atoms with Crippen molar-refractivity contribution >= 4 is 29.3 Å². The van der Waals surface area contributed by atoms with Crippen molar-refractivity contribution in [2.75, 3.05) is 0 Å². The molecule has 13 heavy (non-hydrogen) atoms. The summed E-state index contributed by atoms with van der Waals surface area (Å²) in [7, 11) is -5.17. The van der Waals surface area contributed by atoms with Gasteiger partial charge in [0.05, 0.1) is 0 Å². The minimum absolute atomic E-state index is 0. The molecule has 2 rings (SSSR count). The van der Waals surface area contributed by atoms with Crippen LogP contribution in [-0.4, -0.2) is 29.3 Å². The van der Waals surface area contributed by atoms with Gasteiger partial charge in [-0.2, -0.15) is 0 Å². The Morgan fingerprint density at radius 1 is 0.769 bits per heavy atom. The van der Waals surface area contributed by atoms with E-state index in [1.54, 1.807) is 0 Å². The molecular formula is B4Na2O7. The summed E-state index contributed by atoms with van der Waals surface area (Å²) in [6.45, 7) is 0. The summed E-state index contributed by atoms with van der Waals surface area (Å²) in [6, 6.07) is 0. The molecule has 13 heteroatoms. The van der Waals surface area contributed by atoms with E-state index in [-0.39, 0.29) is 59.1 Å². The zero-order valence-electron chi connectivity index (χ0n) is 7.17. The van der Waals surface area contributed by atoms with Gasteiger partial charge in [-0.15, -0.1) is 0 Å². The van der Waals surface area contributed by atoms with Crippen LogP contribution < -0.4 is 69.2 Å². The summed E-state index contributed by atoms with van der Waals surface area (Å²) < 4.78 is 21.8. The predicted octanol–water partition coefficient (Wildman–Crippen LogP) is -10.2. The van der Waals surface area contributed by atoms with Crippen LogP contribution in [0.5, 0.6) is 0 Å². The summed E-state index contributed by atoms with van der Waals surface area (Å²) in [5.74, 6) is 0. The van der Waals surface area contributed by atoms with Crippen molar-refractivity contribution in [1.82, 2.24) is 0 Å². The molecule has 2 aliphatic rings. The van der Waals surface area contributed by atoms with Crippen LogP contribution in [0.1, 0.15) is 0 Å². The second kappa shape index (κ2) is 6.54. The van der Waals surface area contributed by atoms with Gasteiger partial charge in [0.1, 0.15) is 0 Å². The zero-order chi connectivity index (χ0) is 7.84. The molecule has 0 amide bonds. The molecule has 0 aliphatic carbocycles. The molecule has 0 saturated carbocycles. The molecule has 56 valence electrons. The molecule has 2 heterocycles. The molecule has 0 atom stereocenters. The molecule has 2 saturated heterocycles. The quantitative estimate of drug-likeness (QED) is 0.409. The number of hydrogen-bond donors (Lipinski definition) is 0. The Bertz CT molecular complexity index is 129. The fourth-order valence-corrected chi connectivity index (χ4v) is 0.602. The monoisotopic (exact) mass is 202 g/mol. The van der Waals surface area contributed by atoms with Crippen LogP contribution in [0.4, 0.5) is 0 Å². The maximum absolute atomic E-state index is 10.1. The third kappa shape index (κ3) is 4.15. The summed E-state index contributed by atoms with van der Waals surface area (Å²) >= 11 is 0. The van der Waals surface area contributed by atoms with E-state index in [1.165, 1.54) is 0 Å². The first kappa shape index (κ1) is 15.0. The molecule has 2 fully saturated rings. The van der Waals surface area contributed by atoms with E-state index < -0.39 is 29.3 Å². The Balaban J connectivity index is 0.000000720. The molecule has 7 nitrogen and oxygen atoms in total. The largest absolute Gasteiger partial charge is 1.00 e. The van der Waals surface area contributed by atoms with Gasteiger partial charge in [0.25, 0.3) is 0 Å². The summed E-state index contributed by atoms with van der Waals surface area (Å²) in [5, 5.41) is 20.2. The van der Waals surface area contributed by atoms with Crippen molar-refractivity contribution in [3.63, 3.8) is 0 Å². The number of rotatable bonds is 2. The maximum atomic E-state index is 10.1. The van der Waals surface area contributed by atoms with Crippen LogP contribution in [0.3, 0.4) is 0 Å². The van der Waals surface area contributed by atoms with Gasteiger partial charge in [-0.1, -0.05) is 0 Å². The Hall–Kier alpha value is 1.98. The molecule has 0 bridgehead atoms. The van der Waals surface area contributed by atoms with Crippen LogP contribution in [0.15, 0.2) is 0 Å². The van der Waals surface area contributed by atoms with Gasteiger partial charge in [-0.3, -0.25) is 0 Å². The number of hydrogen-bond acceptors (Lipinski definition) is 7. The minimum Gasteiger partial charge on any atom is -0.833 e. The van der Waals surface area contributed by atoms with Crippen molar-refractivity contribution < 1.29 is 92.0 Å². The van der Waals surface area contributed by atoms with E-state index in [0.29, 0.717) is 0 Å². The van der Waals surface area contributed by atoms with E-state index in [2.05, 4.69) is 22.9 Å². The molecule has 0 aromatic rings. The van der Waals surface area contributed by atoms with E-state index in [9.17, 15) is 10.0 Å². The Morgan fingerprint density at radius 3 is 1.31 bits per heavy atom. The molecule has 0 aromatic carbocycles. The zero-order valence-corrected chi connectivity index (χ0v) is 11.2. The molecule has 0 aromatic heterocycles. The standard InChI is InChI=1S/B4O7.2Na/c5-1-7-3(8-1)11-4-9-2(6)10-4;;/q-2;2*+1. The van der Waals surface area contributed by atoms with E-state index in [0.717, 1.165) is 0 Å². The SMILES string of the molecule is [Na+].[Na+].[O-]B1OB(OB2OB([O-])O2)O1. The molecule has 0 spiro atoms. The van der Waals surface area contributed by atoms with Crippen LogP contribution >= 0.6 is 0 Å². The minimum atomic E-state index is -1.51. The molecule has 2 aliphatic heterocycles. The summed E-state index contributed by atoms with van der Waals surface area (Å²) in [5.41, 5.74) is 0. The molecule has 0 N–H and O–H groups in total. The maximum Gasteiger partial charge on any atom is 1.00 e. The smallest absolute Gasteiger partial charge is 0.833 e. The first-order chi connectivity index (χ1) is 5.24. The van der Waals surface area contributed by atoms with E-state index in [1.807, 2.05) is 0 Å². The van der Waals surface area contributed by atoms with Gasteiger partial charge in [-0.05, 0) is 0 Å². The first-order valence-electron chi connectivity index (χ1n) is 2.83. The average Bonchev–Trinajstić information content (AvgIpc) is 1.81. The van der Waals surface area contributed by atoms with Gasteiger partial charge >= 0.3 is 88.4 Å². The molecular weight excluding hydrogens is 201 g/mol. The van der Waals surface area contributed by atoms with Crippen LogP contribution in [0.2, 0.25) is 0 Å². The summed E-state index contributed by atoms with van der Waals surface area (Å²) in [6.07, 6.45) is 0. The molecule has 0 radical (unpaired) electrons. The van der Waals surface area contributed by atoms with Gasteiger partial charge in [0, 0.05) is 0 Å². The van der Waals surface area contributed by atoms with Gasteiger partial charge in [-0.25, -0.2) is 0 Å². The van der Waals surface area contributed by atoms with Crippen LogP contribution in [-0.2, 0) is 22.9 Å². The summed E-state index contributed by atoms with van der Waals surface area (Å²) in [4.78, 5) is 0. The van der Waals surface area contributed by atoms with Crippen LogP contribution in [0, 0.1) is 0 Å². The second-order valence-corrected chi connectivity index (χ2v) is 1.84. The van der Waals surface area contributed by atoms with Crippen molar-refractivity contribution in [2.24, 2.45) is 0 Å². The van der Waals surface area contributed by atoms with Gasteiger partial charge < -0.3 is 32.9 Å². The van der Waals surface area contributed by atoms with Crippen LogP contribution in [0.25, 0.3) is 0 Å². The third-order valence-electron chi connectivity index (χ3n) is 1.11. The Labute approximate surface area is 120 Å². The van der Waals surface area contributed by atoms with Crippen molar-refractivity contribution in [1.29, 1.82) is 0 Å². The molecule has 0 unspecified atom stereocenters. The normalized spacial score (nSPS) is 19.8. The average molecular weight is 201 g/mol. The fourth-order valence-electron chi connectivity index (χ4n) is 0.602. The Kier molecular flexibility index (Phi) is 7.53. The van der Waals surface area contributed by atoms with Crippen molar-refractivity contribution in [3.8, 4) is 0 Å².